The molecule has 0 amide bonds. The molecule has 3 heteroatoms. The highest BCUT2D eigenvalue weighted by atomic mass is 16.5. The smallest absolute Gasteiger partial charge is 0.0847 e. The fourth-order valence-corrected chi connectivity index (χ4v) is 4.50. The van der Waals surface area contributed by atoms with Crippen LogP contribution in [0.3, 0.4) is 0 Å². The molecule has 2 rings (SSSR count). The maximum absolute atomic E-state index is 6.05. The number of nitrogens with one attached hydrogen (secondary N) is 1. The van der Waals surface area contributed by atoms with Gasteiger partial charge in [0.05, 0.1) is 11.6 Å². The quantitative estimate of drug-likeness (QED) is 0.613. The van der Waals surface area contributed by atoms with E-state index in [0.717, 1.165) is 30.6 Å². The highest BCUT2D eigenvalue weighted by Crippen LogP contribution is 2.43. The molecule has 2 fully saturated rings. The van der Waals surface area contributed by atoms with E-state index in [2.05, 4.69) is 26.2 Å². The molecule has 2 saturated carbocycles. The number of ether oxygens (including phenoxy) is 1. The Bertz CT molecular complexity index is 299. The molecule has 0 aromatic rings. The van der Waals surface area contributed by atoms with Crippen LogP contribution in [-0.2, 0) is 4.74 Å². The number of hydrogen-bond donors (Lipinski definition) is 2. The van der Waals surface area contributed by atoms with Gasteiger partial charge in [0, 0.05) is 7.11 Å². The highest BCUT2D eigenvalue weighted by molar-refractivity contribution is 5.00. The highest BCUT2D eigenvalue weighted by Gasteiger charge is 2.45. The molecule has 0 radical (unpaired) electrons. The molecule has 0 aromatic heterocycles. The lowest BCUT2D eigenvalue weighted by Crippen LogP contribution is -2.60. The van der Waals surface area contributed by atoms with Gasteiger partial charge in [-0.2, -0.15) is 0 Å². The monoisotopic (exact) mass is 282 g/mol. The van der Waals surface area contributed by atoms with Crippen LogP contribution in [0.4, 0.5) is 0 Å². The van der Waals surface area contributed by atoms with E-state index >= 15 is 0 Å². The maximum atomic E-state index is 6.05. The van der Waals surface area contributed by atoms with Gasteiger partial charge in [0.2, 0.25) is 0 Å². The van der Waals surface area contributed by atoms with E-state index in [4.69, 9.17) is 10.6 Å². The van der Waals surface area contributed by atoms with Crippen LogP contribution < -0.4 is 11.3 Å². The average molecular weight is 282 g/mol. The molecular formula is C17H34N2O. The predicted molar refractivity (Wildman–Crippen MR) is 84.2 cm³/mol. The molecule has 3 nitrogen and oxygen atoms in total. The Morgan fingerprint density at radius 3 is 2.20 bits per heavy atom. The van der Waals surface area contributed by atoms with Gasteiger partial charge >= 0.3 is 0 Å². The van der Waals surface area contributed by atoms with E-state index in [0.29, 0.717) is 12.0 Å². The van der Waals surface area contributed by atoms with Gasteiger partial charge in [-0.3, -0.25) is 11.3 Å². The molecular weight excluding hydrogens is 248 g/mol. The molecule has 0 aliphatic heterocycles. The number of rotatable bonds is 4. The predicted octanol–water partition coefficient (Wildman–Crippen LogP) is 3.49. The fraction of sp³-hybridized carbons (Fsp3) is 1.00. The van der Waals surface area contributed by atoms with E-state index in [1.54, 1.807) is 0 Å². The molecule has 20 heavy (non-hydrogen) atoms. The normalized spacial score (nSPS) is 44.2. The zero-order valence-electron chi connectivity index (χ0n) is 13.8. The lowest BCUT2D eigenvalue weighted by atomic mass is 9.66. The first-order valence-corrected chi connectivity index (χ1v) is 8.53. The van der Waals surface area contributed by atoms with Crippen LogP contribution in [0, 0.1) is 23.7 Å². The summed E-state index contributed by atoms with van der Waals surface area (Å²) in [5.74, 6) is 9.14. The zero-order valence-corrected chi connectivity index (χ0v) is 13.8. The van der Waals surface area contributed by atoms with Crippen molar-refractivity contribution in [2.75, 3.05) is 7.11 Å². The zero-order chi connectivity index (χ0) is 14.8. The van der Waals surface area contributed by atoms with Crippen molar-refractivity contribution in [2.24, 2.45) is 29.5 Å². The van der Waals surface area contributed by atoms with Crippen LogP contribution in [0.1, 0.15) is 65.7 Å². The van der Waals surface area contributed by atoms with Gasteiger partial charge < -0.3 is 4.74 Å². The Morgan fingerprint density at radius 1 is 1.05 bits per heavy atom. The minimum atomic E-state index is -0.0355. The van der Waals surface area contributed by atoms with Crippen molar-refractivity contribution < 1.29 is 4.74 Å². The molecule has 2 aliphatic rings. The van der Waals surface area contributed by atoms with Gasteiger partial charge in [-0.25, -0.2) is 0 Å². The van der Waals surface area contributed by atoms with Crippen molar-refractivity contribution in [1.29, 1.82) is 0 Å². The van der Waals surface area contributed by atoms with Crippen LogP contribution in [0.5, 0.6) is 0 Å². The minimum Gasteiger partial charge on any atom is -0.377 e. The first-order valence-electron chi connectivity index (χ1n) is 8.53. The summed E-state index contributed by atoms with van der Waals surface area (Å²) >= 11 is 0. The van der Waals surface area contributed by atoms with Crippen LogP contribution in [0.25, 0.3) is 0 Å². The lowest BCUT2D eigenvalue weighted by molar-refractivity contribution is -0.0950. The van der Waals surface area contributed by atoms with E-state index in [9.17, 15) is 0 Å². The number of nitrogens with two attached hydrogens (primary N) is 1. The van der Waals surface area contributed by atoms with Gasteiger partial charge in [-0.15, -0.1) is 0 Å². The van der Waals surface area contributed by atoms with Gasteiger partial charge in [-0.05, 0) is 62.2 Å². The summed E-state index contributed by atoms with van der Waals surface area (Å²) in [4.78, 5) is 0. The molecule has 2 aliphatic carbocycles. The Morgan fingerprint density at radius 2 is 1.70 bits per heavy atom. The average Bonchev–Trinajstić information content (AvgIpc) is 2.46. The van der Waals surface area contributed by atoms with Crippen LogP contribution in [0.2, 0.25) is 0 Å². The summed E-state index contributed by atoms with van der Waals surface area (Å²) in [5, 5.41) is 0. The third kappa shape index (κ3) is 3.20. The van der Waals surface area contributed by atoms with Gasteiger partial charge in [0.1, 0.15) is 0 Å². The van der Waals surface area contributed by atoms with Crippen molar-refractivity contribution in [3.8, 4) is 0 Å². The molecule has 0 spiro atoms. The van der Waals surface area contributed by atoms with Crippen LogP contribution >= 0.6 is 0 Å². The third-order valence-corrected chi connectivity index (χ3v) is 6.38. The summed E-state index contributed by atoms with van der Waals surface area (Å²) in [7, 11) is 1.88. The lowest BCUT2D eigenvalue weighted by Gasteiger charge is -2.48. The second-order valence-electron chi connectivity index (χ2n) is 7.62. The Kier molecular flexibility index (Phi) is 5.49. The SMILES string of the molecule is COC1(C(NN)C2CCC(C)C(C)C2)CCC(C)CC1. The van der Waals surface area contributed by atoms with Crippen LogP contribution in [0.15, 0.2) is 0 Å². The summed E-state index contributed by atoms with van der Waals surface area (Å²) in [5.41, 5.74) is 3.12. The van der Waals surface area contributed by atoms with Crippen molar-refractivity contribution >= 4 is 0 Å². The Hall–Kier alpha value is -0.120. The largest absolute Gasteiger partial charge is 0.377 e. The molecule has 3 N–H and O–H groups in total. The second-order valence-corrected chi connectivity index (χ2v) is 7.62. The van der Waals surface area contributed by atoms with E-state index in [-0.39, 0.29) is 5.60 Å². The molecule has 4 unspecified atom stereocenters. The Balaban J connectivity index is 2.09. The summed E-state index contributed by atoms with van der Waals surface area (Å²) in [6.07, 6.45) is 8.76. The van der Waals surface area contributed by atoms with Crippen molar-refractivity contribution in [1.82, 2.24) is 5.43 Å². The molecule has 4 atom stereocenters. The molecule has 0 saturated heterocycles. The van der Waals surface area contributed by atoms with Crippen molar-refractivity contribution in [3.63, 3.8) is 0 Å². The Labute approximate surface area is 125 Å². The van der Waals surface area contributed by atoms with Crippen LogP contribution in [-0.4, -0.2) is 18.8 Å². The number of hydrogen-bond acceptors (Lipinski definition) is 3. The first kappa shape index (κ1) is 16.3. The van der Waals surface area contributed by atoms with Crippen molar-refractivity contribution in [3.05, 3.63) is 0 Å². The molecule has 0 bridgehead atoms. The standard InChI is InChI=1S/C17H34N2O/c1-12-7-9-17(20-4,10-8-12)16(19-18)15-6-5-13(2)14(3)11-15/h12-16,19H,5-11,18H2,1-4H3. The van der Waals surface area contributed by atoms with Gasteiger partial charge in [-0.1, -0.05) is 27.2 Å². The second kappa shape index (κ2) is 6.76. The van der Waals surface area contributed by atoms with Gasteiger partial charge in [0.15, 0.2) is 0 Å². The van der Waals surface area contributed by atoms with E-state index in [1.165, 1.54) is 32.1 Å². The fourth-order valence-electron chi connectivity index (χ4n) is 4.50. The number of hydrazine groups is 1. The molecule has 0 heterocycles. The molecule has 0 aromatic carbocycles. The van der Waals surface area contributed by atoms with E-state index in [1.807, 2.05) is 7.11 Å². The first-order chi connectivity index (χ1) is 9.52. The summed E-state index contributed by atoms with van der Waals surface area (Å²) in [6, 6.07) is 0.315. The minimum absolute atomic E-state index is 0.0355. The summed E-state index contributed by atoms with van der Waals surface area (Å²) in [6.45, 7) is 7.14. The van der Waals surface area contributed by atoms with Gasteiger partial charge in [0.25, 0.3) is 0 Å². The topological polar surface area (TPSA) is 47.3 Å². The third-order valence-electron chi connectivity index (χ3n) is 6.38. The van der Waals surface area contributed by atoms with E-state index < -0.39 is 0 Å². The molecule has 118 valence electrons. The van der Waals surface area contributed by atoms with Crippen molar-refractivity contribution in [2.45, 2.75) is 77.4 Å². The maximum Gasteiger partial charge on any atom is 0.0847 e. The summed E-state index contributed by atoms with van der Waals surface area (Å²) < 4.78 is 6.05. The number of methoxy groups -OCH3 is 1.